The molecule has 0 radical (unpaired) electrons. The van der Waals surface area contributed by atoms with Crippen molar-refractivity contribution < 1.29 is 9.32 Å². The van der Waals surface area contributed by atoms with Gasteiger partial charge in [0.05, 0.1) is 11.6 Å². The molecular formula is C25H28N4O2S. The monoisotopic (exact) mass is 448 g/mol. The Morgan fingerprint density at radius 2 is 1.78 bits per heavy atom. The van der Waals surface area contributed by atoms with Crippen molar-refractivity contribution in [1.82, 2.24) is 20.4 Å². The van der Waals surface area contributed by atoms with Crippen LogP contribution in [0, 0.1) is 12.8 Å². The van der Waals surface area contributed by atoms with Crippen molar-refractivity contribution in [3.05, 3.63) is 71.2 Å². The molecule has 0 saturated heterocycles. The smallest absolute Gasteiger partial charge is 0.322 e. The summed E-state index contributed by atoms with van der Waals surface area (Å²) in [6, 6.07) is 15.7. The highest BCUT2D eigenvalue weighted by Gasteiger charge is 2.35. The number of carbonyl (C=O) groups excluding carboxylic acids is 1. The molecule has 2 heterocycles. The van der Waals surface area contributed by atoms with E-state index in [0.29, 0.717) is 24.2 Å². The van der Waals surface area contributed by atoms with Crippen LogP contribution in [0.15, 0.2) is 63.6 Å². The molecule has 1 aliphatic heterocycles. The number of aromatic nitrogens is 2. The van der Waals surface area contributed by atoms with Crippen LogP contribution in [0.4, 0.5) is 4.79 Å². The summed E-state index contributed by atoms with van der Waals surface area (Å²) in [4.78, 5) is 20.6. The summed E-state index contributed by atoms with van der Waals surface area (Å²) in [5.41, 5.74) is 4.69. The first-order valence-corrected chi connectivity index (χ1v) is 11.9. The van der Waals surface area contributed by atoms with Gasteiger partial charge in [-0.15, -0.1) is 11.8 Å². The lowest BCUT2D eigenvalue weighted by Gasteiger charge is -2.36. The van der Waals surface area contributed by atoms with Gasteiger partial charge in [-0.2, -0.15) is 4.98 Å². The van der Waals surface area contributed by atoms with E-state index in [0.717, 1.165) is 28.0 Å². The first-order valence-electron chi connectivity index (χ1n) is 10.7. The van der Waals surface area contributed by atoms with E-state index in [4.69, 9.17) is 9.51 Å². The maximum absolute atomic E-state index is 13.0. The number of hydrogen-bond donors (Lipinski definition) is 1. The normalized spacial score (nSPS) is 16.6. The molecule has 32 heavy (non-hydrogen) atoms. The Labute approximate surface area is 193 Å². The third-order valence-corrected chi connectivity index (χ3v) is 6.30. The largest absolute Gasteiger partial charge is 0.334 e. The molecule has 1 aromatic heterocycles. The first kappa shape index (κ1) is 22.1. The summed E-state index contributed by atoms with van der Waals surface area (Å²) in [6.45, 7) is 8.79. The third-order valence-electron chi connectivity index (χ3n) is 5.56. The van der Waals surface area contributed by atoms with Crippen molar-refractivity contribution in [3.63, 3.8) is 0 Å². The quantitative estimate of drug-likeness (QED) is 0.474. The molecule has 1 atom stereocenters. The van der Waals surface area contributed by atoms with Crippen molar-refractivity contribution in [2.24, 2.45) is 5.92 Å². The van der Waals surface area contributed by atoms with Gasteiger partial charge in [0.1, 0.15) is 0 Å². The van der Waals surface area contributed by atoms with E-state index in [9.17, 15) is 4.79 Å². The van der Waals surface area contributed by atoms with Crippen LogP contribution in [0.1, 0.15) is 43.8 Å². The number of amides is 2. The minimum atomic E-state index is -0.362. The van der Waals surface area contributed by atoms with Gasteiger partial charge >= 0.3 is 6.03 Å². The van der Waals surface area contributed by atoms with Crippen LogP contribution in [-0.2, 0) is 0 Å². The molecule has 3 aromatic rings. The van der Waals surface area contributed by atoms with E-state index < -0.39 is 0 Å². The average molecular weight is 449 g/mol. The third kappa shape index (κ3) is 4.43. The summed E-state index contributed by atoms with van der Waals surface area (Å²) >= 11 is 1.69. The predicted molar refractivity (Wildman–Crippen MR) is 128 cm³/mol. The number of carbonyl (C=O) groups is 1. The van der Waals surface area contributed by atoms with Crippen molar-refractivity contribution in [2.75, 3.05) is 12.8 Å². The van der Waals surface area contributed by atoms with E-state index in [2.05, 4.69) is 24.3 Å². The summed E-state index contributed by atoms with van der Waals surface area (Å²) in [7, 11) is 0. The highest BCUT2D eigenvalue weighted by atomic mass is 32.2. The molecule has 0 fully saturated rings. The lowest BCUT2D eigenvalue weighted by atomic mass is 9.94. The van der Waals surface area contributed by atoms with Gasteiger partial charge in [0.2, 0.25) is 5.82 Å². The fraction of sp³-hybridized carbons (Fsp3) is 0.320. The molecular weight excluding hydrogens is 420 g/mol. The zero-order chi connectivity index (χ0) is 22.8. The Morgan fingerprint density at radius 3 is 2.41 bits per heavy atom. The second-order valence-corrected chi connectivity index (χ2v) is 9.33. The average Bonchev–Trinajstić information content (AvgIpc) is 3.26. The summed E-state index contributed by atoms with van der Waals surface area (Å²) in [5, 5.41) is 7.39. The van der Waals surface area contributed by atoms with E-state index >= 15 is 0 Å². The van der Waals surface area contributed by atoms with Crippen LogP contribution in [-0.4, -0.2) is 33.9 Å². The van der Waals surface area contributed by atoms with Crippen molar-refractivity contribution in [2.45, 2.75) is 38.6 Å². The molecule has 0 aliphatic carbocycles. The van der Waals surface area contributed by atoms with Crippen molar-refractivity contribution >= 4 is 23.4 Å². The lowest BCUT2D eigenvalue weighted by molar-refractivity contribution is 0.199. The molecule has 1 N–H and O–H groups in total. The highest BCUT2D eigenvalue weighted by Crippen LogP contribution is 2.37. The molecule has 1 aliphatic rings. The van der Waals surface area contributed by atoms with Gasteiger partial charge in [0.15, 0.2) is 0 Å². The van der Waals surface area contributed by atoms with Crippen molar-refractivity contribution in [3.8, 4) is 11.4 Å². The molecule has 0 bridgehead atoms. The fourth-order valence-electron chi connectivity index (χ4n) is 3.84. The number of nitrogens with one attached hydrogen (secondary N) is 1. The number of aryl methyl sites for hydroxylation is 1. The number of thioether (sulfide) groups is 1. The fourth-order valence-corrected chi connectivity index (χ4v) is 4.25. The minimum Gasteiger partial charge on any atom is -0.334 e. The predicted octanol–water partition coefficient (Wildman–Crippen LogP) is 5.92. The van der Waals surface area contributed by atoms with Gasteiger partial charge in [-0.05, 0) is 55.9 Å². The summed E-state index contributed by atoms with van der Waals surface area (Å²) in [5.74, 6) is 1.27. The van der Waals surface area contributed by atoms with Gasteiger partial charge in [-0.25, -0.2) is 4.79 Å². The minimum absolute atomic E-state index is 0.113. The van der Waals surface area contributed by atoms with Gasteiger partial charge in [-0.1, -0.05) is 48.8 Å². The number of benzene rings is 2. The molecule has 1 unspecified atom stereocenters. The van der Waals surface area contributed by atoms with Crippen LogP contribution in [0.2, 0.25) is 0 Å². The lowest BCUT2D eigenvalue weighted by Crippen LogP contribution is -2.47. The van der Waals surface area contributed by atoms with E-state index in [1.54, 1.807) is 16.7 Å². The van der Waals surface area contributed by atoms with Crippen LogP contribution < -0.4 is 5.32 Å². The van der Waals surface area contributed by atoms with Crippen LogP contribution in [0.5, 0.6) is 0 Å². The Kier molecular flexibility index (Phi) is 6.37. The van der Waals surface area contributed by atoms with Gasteiger partial charge < -0.3 is 9.84 Å². The molecule has 0 saturated carbocycles. The second-order valence-electron chi connectivity index (χ2n) is 8.45. The summed E-state index contributed by atoms with van der Waals surface area (Å²) in [6.07, 6.45) is 2.04. The SMILES string of the molecule is CSc1ccc(-c2noc(C3=C(C)N(CC(C)C)C(=O)NC3c3ccc(C)cc3)n2)cc1. The zero-order valence-electron chi connectivity index (χ0n) is 19.0. The molecule has 2 amide bonds. The number of urea groups is 1. The van der Waals surface area contributed by atoms with Crippen LogP contribution >= 0.6 is 11.8 Å². The van der Waals surface area contributed by atoms with Crippen molar-refractivity contribution in [1.29, 1.82) is 0 Å². The summed E-state index contributed by atoms with van der Waals surface area (Å²) < 4.78 is 5.75. The van der Waals surface area contributed by atoms with Gasteiger partial charge in [0, 0.05) is 22.7 Å². The maximum Gasteiger partial charge on any atom is 0.322 e. The zero-order valence-corrected chi connectivity index (χ0v) is 19.9. The molecule has 4 rings (SSSR count). The number of allylic oxidation sites excluding steroid dienone is 1. The molecule has 7 heteroatoms. The maximum atomic E-state index is 13.0. The highest BCUT2D eigenvalue weighted by molar-refractivity contribution is 7.98. The molecule has 6 nitrogen and oxygen atoms in total. The standard InChI is InChI=1S/C25H28N4O2S/c1-15(2)14-29-17(4)21(22(26-25(29)30)18-8-6-16(3)7-9-18)24-27-23(28-31-24)19-10-12-20(32-5)13-11-19/h6-13,15,22H,14H2,1-5H3,(H,26,30). The number of hydrogen-bond acceptors (Lipinski definition) is 5. The Bertz CT molecular complexity index is 1130. The molecule has 166 valence electrons. The molecule has 0 spiro atoms. The van der Waals surface area contributed by atoms with Gasteiger partial charge in [-0.3, -0.25) is 4.90 Å². The van der Waals surface area contributed by atoms with Gasteiger partial charge in [0.25, 0.3) is 5.89 Å². The Balaban J connectivity index is 1.78. The first-order chi connectivity index (χ1) is 15.4. The number of nitrogens with zero attached hydrogens (tertiary/aromatic N) is 3. The topological polar surface area (TPSA) is 71.3 Å². The van der Waals surface area contributed by atoms with Crippen LogP contribution in [0.25, 0.3) is 17.0 Å². The van der Waals surface area contributed by atoms with E-state index in [1.807, 2.05) is 68.6 Å². The van der Waals surface area contributed by atoms with E-state index in [1.165, 1.54) is 4.90 Å². The second kappa shape index (κ2) is 9.20. The van der Waals surface area contributed by atoms with Crippen LogP contribution in [0.3, 0.4) is 0 Å². The molecule has 2 aromatic carbocycles. The van der Waals surface area contributed by atoms with E-state index in [-0.39, 0.29) is 12.1 Å². The Morgan fingerprint density at radius 1 is 1.09 bits per heavy atom. The Hall–Kier alpha value is -3.06. The number of rotatable bonds is 6.